The molecule has 6 nitrogen and oxygen atoms in total. The van der Waals surface area contributed by atoms with Gasteiger partial charge in [-0.1, -0.05) is 41.9 Å². The fourth-order valence-corrected chi connectivity index (χ4v) is 4.88. The topological polar surface area (TPSA) is 39.3 Å². The molecule has 2 aliphatic rings. The zero-order valence-electron chi connectivity index (χ0n) is 20.0. The van der Waals surface area contributed by atoms with Gasteiger partial charge in [-0.25, -0.2) is 0 Å². The van der Waals surface area contributed by atoms with Crippen molar-refractivity contribution in [3.63, 3.8) is 0 Å². The summed E-state index contributed by atoms with van der Waals surface area (Å²) in [5.41, 5.74) is 2.48. The molecule has 0 atom stereocenters. The van der Waals surface area contributed by atoms with Crippen LogP contribution in [-0.4, -0.2) is 98.1 Å². The van der Waals surface area contributed by atoms with Crippen molar-refractivity contribution in [1.82, 2.24) is 19.6 Å². The lowest BCUT2D eigenvalue weighted by molar-refractivity contribution is -0.134. The van der Waals surface area contributed by atoms with Gasteiger partial charge >= 0.3 is 0 Å². The van der Waals surface area contributed by atoms with Gasteiger partial charge in [0.25, 0.3) is 0 Å². The van der Waals surface area contributed by atoms with Crippen LogP contribution < -0.4 is 4.74 Å². The second kappa shape index (κ2) is 13.3. The summed E-state index contributed by atoms with van der Waals surface area (Å²) in [4.78, 5) is 22.1. The molecular formula is C26H36Cl2N4O2. The minimum absolute atomic E-state index is 0. The summed E-state index contributed by atoms with van der Waals surface area (Å²) in [7, 11) is 1.72. The third-order valence-corrected chi connectivity index (χ3v) is 6.98. The van der Waals surface area contributed by atoms with Gasteiger partial charge in [0.15, 0.2) is 0 Å². The van der Waals surface area contributed by atoms with Crippen molar-refractivity contribution in [2.45, 2.75) is 13.0 Å². The monoisotopic (exact) mass is 506 g/mol. The summed E-state index contributed by atoms with van der Waals surface area (Å²) >= 11 is 6.09. The van der Waals surface area contributed by atoms with Gasteiger partial charge in [0.2, 0.25) is 5.91 Å². The minimum Gasteiger partial charge on any atom is -0.496 e. The quantitative estimate of drug-likeness (QED) is 0.549. The Morgan fingerprint density at radius 3 is 2.26 bits per heavy atom. The smallest absolute Gasteiger partial charge is 0.236 e. The lowest BCUT2D eigenvalue weighted by Gasteiger charge is -2.38. The number of para-hydroxylation sites is 1. The van der Waals surface area contributed by atoms with E-state index in [2.05, 4.69) is 32.9 Å². The number of ether oxygens (including phenoxy) is 1. The summed E-state index contributed by atoms with van der Waals surface area (Å²) in [5, 5.41) is 0.802. The zero-order chi connectivity index (χ0) is 23.0. The maximum Gasteiger partial charge on any atom is 0.236 e. The van der Waals surface area contributed by atoms with Crippen LogP contribution in [0.1, 0.15) is 11.1 Å². The summed E-state index contributed by atoms with van der Waals surface area (Å²) in [5.74, 6) is 1.20. The van der Waals surface area contributed by atoms with Crippen LogP contribution in [0.25, 0.3) is 0 Å². The van der Waals surface area contributed by atoms with E-state index in [0.29, 0.717) is 6.54 Å². The van der Waals surface area contributed by atoms with Crippen LogP contribution >= 0.6 is 24.0 Å². The average molecular weight is 508 g/mol. The Labute approximate surface area is 214 Å². The van der Waals surface area contributed by atoms with E-state index >= 15 is 0 Å². The molecular weight excluding hydrogens is 471 g/mol. The van der Waals surface area contributed by atoms with Gasteiger partial charge in [-0.3, -0.25) is 14.6 Å². The molecule has 0 radical (unpaired) electrons. The Bertz CT molecular complexity index is 913. The van der Waals surface area contributed by atoms with Gasteiger partial charge < -0.3 is 14.5 Å². The maximum absolute atomic E-state index is 12.9. The van der Waals surface area contributed by atoms with Gasteiger partial charge in [0.05, 0.1) is 13.7 Å². The molecule has 8 heteroatoms. The molecule has 2 fully saturated rings. The summed E-state index contributed by atoms with van der Waals surface area (Å²) in [6, 6.07) is 16.3. The van der Waals surface area contributed by atoms with Crippen LogP contribution in [0.4, 0.5) is 0 Å². The van der Waals surface area contributed by atoms with Crippen molar-refractivity contribution < 1.29 is 9.53 Å². The highest BCUT2D eigenvalue weighted by atomic mass is 35.5. The second-order valence-electron chi connectivity index (χ2n) is 8.97. The standard InChI is InChI=1S/C26H35ClN4O2.ClH/c1-33-25-8-3-2-6-23(25)20-29-15-17-31(18-16-29)26(32)21-30-13-11-28(12-14-30)10-9-22-5-4-7-24(27)19-22;/h2-8,19H,9-18,20-21H2,1H3;1H. The van der Waals surface area contributed by atoms with E-state index in [0.717, 1.165) is 82.6 Å². The highest BCUT2D eigenvalue weighted by Gasteiger charge is 2.25. The second-order valence-corrected chi connectivity index (χ2v) is 9.40. The van der Waals surface area contributed by atoms with Gasteiger partial charge in [-0.15, -0.1) is 12.4 Å². The van der Waals surface area contributed by atoms with E-state index in [1.165, 1.54) is 11.1 Å². The van der Waals surface area contributed by atoms with Crippen molar-refractivity contribution in [3.05, 3.63) is 64.7 Å². The number of hydrogen-bond donors (Lipinski definition) is 0. The molecule has 34 heavy (non-hydrogen) atoms. The fourth-order valence-electron chi connectivity index (χ4n) is 4.67. The Balaban J connectivity index is 0.00000324. The van der Waals surface area contributed by atoms with Crippen molar-refractivity contribution >= 4 is 29.9 Å². The van der Waals surface area contributed by atoms with E-state index in [4.69, 9.17) is 16.3 Å². The van der Waals surface area contributed by atoms with Crippen LogP contribution in [0, 0.1) is 0 Å². The Kier molecular flexibility index (Phi) is 10.5. The van der Waals surface area contributed by atoms with Crippen molar-refractivity contribution in [2.24, 2.45) is 0 Å². The number of carbonyl (C=O) groups excluding carboxylic acids is 1. The molecule has 0 bridgehead atoms. The van der Waals surface area contributed by atoms with Crippen LogP contribution in [0.5, 0.6) is 5.75 Å². The predicted octanol–water partition coefficient (Wildman–Crippen LogP) is 3.27. The third-order valence-electron chi connectivity index (χ3n) is 6.74. The van der Waals surface area contributed by atoms with E-state index in [-0.39, 0.29) is 18.3 Å². The number of piperazine rings is 2. The molecule has 0 unspecified atom stereocenters. The molecule has 0 saturated carbocycles. The molecule has 2 heterocycles. The summed E-state index contributed by atoms with van der Waals surface area (Å²) in [6.45, 7) is 9.78. The number of rotatable bonds is 8. The van der Waals surface area contributed by atoms with Gasteiger partial charge in [0.1, 0.15) is 5.75 Å². The number of amides is 1. The number of carbonyl (C=O) groups is 1. The van der Waals surface area contributed by atoms with E-state index in [9.17, 15) is 4.79 Å². The van der Waals surface area contributed by atoms with Crippen LogP contribution in [0.15, 0.2) is 48.5 Å². The third kappa shape index (κ3) is 7.59. The van der Waals surface area contributed by atoms with E-state index < -0.39 is 0 Å². The molecule has 2 aliphatic heterocycles. The first-order valence-electron chi connectivity index (χ1n) is 11.9. The largest absolute Gasteiger partial charge is 0.496 e. The Morgan fingerprint density at radius 1 is 0.882 bits per heavy atom. The first-order valence-corrected chi connectivity index (χ1v) is 12.3. The fraction of sp³-hybridized carbons (Fsp3) is 0.500. The number of benzene rings is 2. The van der Waals surface area contributed by atoms with Crippen LogP contribution in [0.2, 0.25) is 5.02 Å². The minimum atomic E-state index is 0. The summed E-state index contributed by atoms with van der Waals surface area (Å²) in [6.07, 6.45) is 1.01. The van der Waals surface area contributed by atoms with Gasteiger partial charge in [-0.2, -0.15) is 0 Å². The molecule has 1 amide bonds. The van der Waals surface area contributed by atoms with Crippen LogP contribution in [0.3, 0.4) is 0 Å². The molecule has 186 valence electrons. The summed E-state index contributed by atoms with van der Waals surface area (Å²) < 4.78 is 5.48. The van der Waals surface area contributed by atoms with Crippen molar-refractivity contribution in [3.8, 4) is 5.75 Å². The molecule has 0 N–H and O–H groups in total. The SMILES string of the molecule is COc1ccccc1CN1CCN(C(=O)CN2CCN(CCc3cccc(Cl)c3)CC2)CC1.Cl. The Hall–Kier alpha value is -1.83. The first-order chi connectivity index (χ1) is 16.1. The lowest BCUT2D eigenvalue weighted by Crippen LogP contribution is -2.53. The number of nitrogens with zero attached hydrogens (tertiary/aromatic N) is 4. The van der Waals surface area contributed by atoms with Gasteiger partial charge in [-0.05, 0) is 30.2 Å². The molecule has 0 aromatic heterocycles. The maximum atomic E-state index is 12.9. The number of hydrogen-bond acceptors (Lipinski definition) is 5. The average Bonchev–Trinajstić information content (AvgIpc) is 2.84. The predicted molar refractivity (Wildman–Crippen MR) is 140 cm³/mol. The molecule has 0 aliphatic carbocycles. The molecule has 0 spiro atoms. The number of halogens is 2. The molecule has 4 rings (SSSR count). The zero-order valence-corrected chi connectivity index (χ0v) is 21.6. The Morgan fingerprint density at radius 2 is 1.56 bits per heavy atom. The first kappa shape index (κ1) is 26.8. The molecule has 2 aromatic rings. The molecule has 2 aromatic carbocycles. The normalized spacial score (nSPS) is 17.9. The highest BCUT2D eigenvalue weighted by molar-refractivity contribution is 6.30. The van der Waals surface area contributed by atoms with Crippen molar-refractivity contribution in [2.75, 3.05) is 72.6 Å². The van der Waals surface area contributed by atoms with E-state index in [1.54, 1.807) is 7.11 Å². The highest BCUT2D eigenvalue weighted by Crippen LogP contribution is 2.20. The van der Waals surface area contributed by atoms with E-state index in [1.807, 2.05) is 35.2 Å². The number of methoxy groups -OCH3 is 1. The molecule has 2 saturated heterocycles. The lowest BCUT2D eigenvalue weighted by atomic mass is 10.1. The van der Waals surface area contributed by atoms with Gasteiger partial charge in [0, 0.05) is 76.0 Å². The van der Waals surface area contributed by atoms with Crippen LogP contribution in [-0.2, 0) is 17.8 Å². The van der Waals surface area contributed by atoms with Crippen molar-refractivity contribution in [1.29, 1.82) is 0 Å².